The lowest BCUT2D eigenvalue weighted by atomic mass is 9.97. The average molecular weight is 315 g/mol. The van der Waals surface area contributed by atoms with E-state index in [4.69, 9.17) is 0 Å². The van der Waals surface area contributed by atoms with Gasteiger partial charge in [0.1, 0.15) is 6.33 Å². The number of hydrogen-bond donors (Lipinski definition) is 1. The molecule has 1 heterocycles. The van der Waals surface area contributed by atoms with Gasteiger partial charge in [0.15, 0.2) is 0 Å². The second kappa shape index (κ2) is 5.71. The van der Waals surface area contributed by atoms with Crippen LogP contribution in [0.1, 0.15) is 43.6 Å². The second-order valence-electron chi connectivity index (χ2n) is 5.06. The number of hydrogen-bond acceptors (Lipinski definition) is 3. The van der Waals surface area contributed by atoms with E-state index in [1.165, 1.54) is 0 Å². The SMILES string of the molecule is CCc1cc(C(C)C)c(-n2cnc(C(F)(F)F)n2)cc1S. The molecule has 0 fully saturated rings. The third-order valence-corrected chi connectivity index (χ3v) is 3.64. The van der Waals surface area contributed by atoms with Crippen molar-refractivity contribution in [3.05, 3.63) is 35.4 Å². The highest BCUT2D eigenvalue weighted by Gasteiger charge is 2.36. The fourth-order valence-electron chi connectivity index (χ4n) is 2.09. The van der Waals surface area contributed by atoms with Gasteiger partial charge in [-0.25, -0.2) is 9.67 Å². The van der Waals surface area contributed by atoms with E-state index in [-0.39, 0.29) is 5.92 Å². The topological polar surface area (TPSA) is 30.7 Å². The van der Waals surface area contributed by atoms with Crippen molar-refractivity contribution in [2.24, 2.45) is 0 Å². The van der Waals surface area contributed by atoms with Crippen LogP contribution in [-0.4, -0.2) is 14.8 Å². The number of rotatable bonds is 3. The van der Waals surface area contributed by atoms with Gasteiger partial charge >= 0.3 is 6.18 Å². The van der Waals surface area contributed by atoms with E-state index in [1.807, 2.05) is 26.8 Å². The van der Waals surface area contributed by atoms with E-state index in [9.17, 15) is 13.2 Å². The standard InChI is InChI=1S/C14H16F3N3S/c1-4-9-5-10(8(2)3)11(6-12(9)21)20-7-18-13(19-20)14(15,16)17/h5-8,21H,4H2,1-3H3. The van der Waals surface area contributed by atoms with E-state index in [2.05, 4.69) is 22.7 Å². The molecule has 114 valence electrons. The lowest BCUT2D eigenvalue weighted by Crippen LogP contribution is -2.09. The monoisotopic (exact) mass is 315 g/mol. The lowest BCUT2D eigenvalue weighted by Gasteiger charge is -2.16. The molecule has 2 aromatic rings. The van der Waals surface area contributed by atoms with Gasteiger partial charge in [0.25, 0.3) is 5.82 Å². The summed E-state index contributed by atoms with van der Waals surface area (Å²) in [6.45, 7) is 5.98. The van der Waals surface area contributed by atoms with Crippen molar-refractivity contribution in [3.63, 3.8) is 0 Å². The van der Waals surface area contributed by atoms with Crippen molar-refractivity contribution >= 4 is 12.6 Å². The summed E-state index contributed by atoms with van der Waals surface area (Å²) in [6, 6.07) is 3.71. The van der Waals surface area contributed by atoms with E-state index >= 15 is 0 Å². The van der Waals surface area contributed by atoms with Crippen LogP contribution >= 0.6 is 12.6 Å². The van der Waals surface area contributed by atoms with Gasteiger partial charge < -0.3 is 0 Å². The Morgan fingerprint density at radius 2 is 1.95 bits per heavy atom. The van der Waals surface area contributed by atoms with Crippen molar-refractivity contribution in [1.29, 1.82) is 0 Å². The maximum Gasteiger partial charge on any atom is 0.453 e. The Labute approximate surface area is 126 Å². The Morgan fingerprint density at radius 1 is 1.29 bits per heavy atom. The van der Waals surface area contributed by atoms with Crippen LogP contribution in [0.5, 0.6) is 0 Å². The molecule has 0 spiro atoms. The molecule has 2 rings (SSSR count). The molecule has 0 aliphatic carbocycles. The Kier molecular flexibility index (Phi) is 4.32. The number of alkyl halides is 3. The quantitative estimate of drug-likeness (QED) is 0.858. The van der Waals surface area contributed by atoms with E-state index in [0.717, 1.165) is 33.5 Å². The summed E-state index contributed by atoms with van der Waals surface area (Å²) < 4.78 is 39.0. The van der Waals surface area contributed by atoms with Crippen molar-refractivity contribution in [2.45, 2.75) is 44.2 Å². The number of benzene rings is 1. The smallest absolute Gasteiger partial charge is 0.220 e. The first-order chi connectivity index (χ1) is 9.74. The molecule has 0 amide bonds. The van der Waals surface area contributed by atoms with Crippen molar-refractivity contribution in [1.82, 2.24) is 14.8 Å². The van der Waals surface area contributed by atoms with Gasteiger partial charge in [-0.15, -0.1) is 17.7 Å². The molecule has 3 nitrogen and oxygen atoms in total. The molecule has 1 aromatic heterocycles. The summed E-state index contributed by atoms with van der Waals surface area (Å²) >= 11 is 4.39. The molecule has 0 bridgehead atoms. The minimum atomic E-state index is -4.55. The van der Waals surface area contributed by atoms with Crippen LogP contribution in [0.15, 0.2) is 23.4 Å². The number of halogens is 3. The summed E-state index contributed by atoms with van der Waals surface area (Å²) in [6.07, 6.45) is -2.65. The Bertz CT molecular complexity index is 647. The highest BCUT2D eigenvalue weighted by atomic mass is 32.1. The minimum absolute atomic E-state index is 0.151. The zero-order valence-electron chi connectivity index (χ0n) is 11.9. The maximum absolute atomic E-state index is 12.6. The van der Waals surface area contributed by atoms with Crippen molar-refractivity contribution < 1.29 is 13.2 Å². The molecule has 21 heavy (non-hydrogen) atoms. The minimum Gasteiger partial charge on any atom is -0.220 e. The van der Waals surface area contributed by atoms with Gasteiger partial charge in [-0.2, -0.15) is 13.2 Å². The predicted molar refractivity (Wildman–Crippen MR) is 77.1 cm³/mol. The van der Waals surface area contributed by atoms with Gasteiger partial charge in [0, 0.05) is 4.90 Å². The molecule has 0 atom stereocenters. The van der Waals surface area contributed by atoms with Gasteiger partial charge in [-0.1, -0.05) is 26.8 Å². The summed E-state index contributed by atoms with van der Waals surface area (Å²) in [5.41, 5.74) is 2.56. The molecule has 1 aromatic carbocycles. The van der Waals surface area contributed by atoms with Gasteiger partial charge in [0.05, 0.1) is 5.69 Å². The van der Waals surface area contributed by atoms with Crippen LogP contribution < -0.4 is 0 Å². The fourth-order valence-corrected chi connectivity index (χ4v) is 2.44. The highest BCUT2D eigenvalue weighted by Crippen LogP contribution is 2.30. The zero-order valence-corrected chi connectivity index (χ0v) is 12.8. The van der Waals surface area contributed by atoms with Gasteiger partial charge in [-0.3, -0.25) is 0 Å². The van der Waals surface area contributed by atoms with Gasteiger partial charge in [0.2, 0.25) is 0 Å². The van der Waals surface area contributed by atoms with Crippen LogP contribution in [0.2, 0.25) is 0 Å². The number of aromatic nitrogens is 3. The molecule has 0 N–H and O–H groups in total. The van der Waals surface area contributed by atoms with E-state index < -0.39 is 12.0 Å². The van der Waals surface area contributed by atoms with Crippen LogP contribution in [-0.2, 0) is 12.6 Å². The van der Waals surface area contributed by atoms with Crippen LogP contribution in [0.25, 0.3) is 5.69 Å². The average Bonchev–Trinajstić information content (AvgIpc) is 2.87. The molecule has 0 aliphatic heterocycles. The molecule has 0 radical (unpaired) electrons. The molecule has 0 saturated carbocycles. The van der Waals surface area contributed by atoms with Crippen LogP contribution in [0, 0.1) is 0 Å². The van der Waals surface area contributed by atoms with E-state index in [0.29, 0.717) is 5.69 Å². The van der Waals surface area contributed by atoms with Crippen molar-refractivity contribution in [3.8, 4) is 5.69 Å². The molecular weight excluding hydrogens is 299 g/mol. The third-order valence-electron chi connectivity index (χ3n) is 3.22. The molecular formula is C14H16F3N3S. The fraction of sp³-hybridized carbons (Fsp3) is 0.429. The molecule has 0 aliphatic rings. The number of aryl methyl sites for hydroxylation is 1. The van der Waals surface area contributed by atoms with Crippen molar-refractivity contribution in [2.75, 3.05) is 0 Å². The Balaban J connectivity index is 2.57. The summed E-state index contributed by atoms with van der Waals surface area (Å²) in [4.78, 5) is 4.08. The highest BCUT2D eigenvalue weighted by molar-refractivity contribution is 7.80. The summed E-state index contributed by atoms with van der Waals surface area (Å²) in [5, 5.41) is 3.54. The maximum atomic E-state index is 12.6. The zero-order chi connectivity index (χ0) is 15.8. The second-order valence-corrected chi connectivity index (χ2v) is 5.54. The molecule has 7 heteroatoms. The number of nitrogens with zero attached hydrogens (tertiary/aromatic N) is 3. The normalized spacial score (nSPS) is 12.2. The number of thiol groups is 1. The largest absolute Gasteiger partial charge is 0.453 e. The summed E-state index contributed by atoms with van der Waals surface area (Å²) in [5.74, 6) is -0.991. The molecule has 0 unspecified atom stereocenters. The van der Waals surface area contributed by atoms with Crippen LogP contribution in [0.3, 0.4) is 0 Å². The first-order valence-corrected chi connectivity index (χ1v) is 7.03. The van der Waals surface area contributed by atoms with Crippen LogP contribution in [0.4, 0.5) is 13.2 Å². The summed E-state index contributed by atoms with van der Waals surface area (Å²) in [7, 11) is 0. The first-order valence-electron chi connectivity index (χ1n) is 6.59. The predicted octanol–water partition coefficient (Wildman–Crippen LogP) is 4.26. The first kappa shape index (κ1) is 15.9. The van der Waals surface area contributed by atoms with Gasteiger partial charge in [-0.05, 0) is 29.5 Å². The Hall–Kier alpha value is -1.50. The third kappa shape index (κ3) is 3.23. The van der Waals surface area contributed by atoms with E-state index in [1.54, 1.807) is 6.07 Å². The Morgan fingerprint density at radius 3 is 2.43 bits per heavy atom. The molecule has 0 saturated heterocycles. The lowest BCUT2D eigenvalue weighted by molar-refractivity contribution is -0.144.